The van der Waals surface area contributed by atoms with Crippen LogP contribution in [0.1, 0.15) is 26.5 Å². The number of carbonyl (C=O) groups is 2. The number of likely N-dealkylation sites (tertiary alicyclic amines) is 1. The molecule has 1 aromatic carbocycles. The molecule has 0 bridgehead atoms. The maximum Gasteiger partial charge on any atom is 0.265 e. The summed E-state index contributed by atoms with van der Waals surface area (Å²) in [6.07, 6.45) is 1.03. The lowest BCUT2D eigenvalue weighted by Crippen LogP contribution is -2.30. The minimum Gasteiger partial charge on any atom is -0.338 e. The number of thiophene rings is 1. The van der Waals surface area contributed by atoms with Crippen molar-refractivity contribution in [3.63, 3.8) is 0 Å². The van der Waals surface area contributed by atoms with Crippen molar-refractivity contribution in [2.24, 2.45) is 5.92 Å². The molecule has 1 aromatic heterocycles. The van der Waals surface area contributed by atoms with Crippen LogP contribution >= 0.6 is 23.7 Å². The second kappa shape index (κ2) is 8.99. The Balaban J connectivity index is 0.00000225. The molecule has 1 atom stereocenters. The second-order valence-electron chi connectivity index (χ2n) is 5.98. The molecule has 2 N–H and O–H groups in total. The van der Waals surface area contributed by atoms with Gasteiger partial charge in [-0.3, -0.25) is 9.59 Å². The second-order valence-corrected chi connectivity index (χ2v) is 6.92. The Kier molecular flexibility index (Phi) is 6.99. The summed E-state index contributed by atoms with van der Waals surface area (Å²) in [7, 11) is 1.93. The van der Waals surface area contributed by atoms with Crippen molar-refractivity contribution in [1.29, 1.82) is 0 Å². The van der Waals surface area contributed by atoms with Crippen LogP contribution in [0.4, 0.5) is 5.69 Å². The highest BCUT2D eigenvalue weighted by Gasteiger charge is 2.26. The van der Waals surface area contributed by atoms with Gasteiger partial charge in [-0.25, -0.2) is 0 Å². The van der Waals surface area contributed by atoms with Gasteiger partial charge in [0.1, 0.15) is 0 Å². The van der Waals surface area contributed by atoms with Crippen LogP contribution in [0.15, 0.2) is 41.8 Å². The topological polar surface area (TPSA) is 61.4 Å². The molecule has 0 spiro atoms. The van der Waals surface area contributed by atoms with E-state index in [0.29, 0.717) is 22.0 Å². The molecule has 1 aliphatic rings. The third kappa shape index (κ3) is 4.81. The van der Waals surface area contributed by atoms with Crippen LogP contribution in [-0.4, -0.2) is 43.4 Å². The third-order valence-electron chi connectivity index (χ3n) is 4.18. The number of hydrogen-bond donors (Lipinski definition) is 2. The molecule has 25 heavy (non-hydrogen) atoms. The largest absolute Gasteiger partial charge is 0.338 e. The van der Waals surface area contributed by atoms with Gasteiger partial charge in [0.2, 0.25) is 0 Å². The number of benzene rings is 1. The summed E-state index contributed by atoms with van der Waals surface area (Å²) in [4.78, 5) is 27.3. The fraction of sp³-hybridized carbons (Fsp3) is 0.333. The van der Waals surface area contributed by atoms with Gasteiger partial charge < -0.3 is 15.5 Å². The molecule has 1 fully saturated rings. The Morgan fingerprint density at radius 3 is 2.84 bits per heavy atom. The van der Waals surface area contributed by atoms with E-state index < -0.39 is 0 Å². The minimum atomic E-state index is -0.148. The van der Waals surface area contributed by atoms with E-state index in [9.17, 15) is 9.59 Å². The highest BCUT2D eigenvalue weighted by atomic mass is 35.5. The summed E-state index contributed by atoms with van der Waals surface area (Å²) in [5, 5.41) is 7.88. The lowest BCUT2D eigenvalue weighted by atomic mass is 10.1. The fourth-order valence-corrected chi connectivity index (χ4v) is 3.60. The molecule has 0 aliphatic carbocycles. The molecule has 0 radical (unpaired) electrons. The van der Waals surface area contributed by atoms with E-state index in [2.05, 4.69) is 10.6 Å². The Labute approximate surface area is 157 Å². The number of nitrogens with zero attached hydrogens (tertiary/aromatic N) is 1. The van der Waals surface area contributed by atoms with E-state index >= 15 is 0 Å². The van der Waals surface area contributed by atoms with Gasteiger partial charge in [-0.05, 0) is 55.6 Å². The molecule has 2 aromatic rings. The Morgan fingerprint density at radius 1 is 1.28 bits per heavy atom. The van der Waals surface area contributed by atoms with Crippen LogP contribution in [0.3, 0.4) is 0 Å². The first-order chi connectivity index (χ1) is 11.7. The summed E-state index contributed by atoms with van der Waals surface area (Å²) >= 11 is 1.39. The van der Waals surface area contributed by atoms with Gasteiger partial charge in [0.05, 0.1) is 4.88 Å². The predicted molar refractivity (Wildman–Crippen MR) is 104 cm³/mol. The number of hydrogen-bond acceptors (Lipinski definition) is 4. The molecular formula is C18H22ClN3O2S. The van der Waals surface area contributed by atoms with Crippen LogP contribution in [0, 0.1) is 5.92 Å². The summed E-state index contributed by atoms with van der Waals surface area (Å²) in [6, 6.07) is 10.8. The monoisotopic (exact) mass is 379 g/mol. The molecule has 134 valence electrons. The first-order valence-electron chi connectivity index (χ1n) is 8.06. The van der Waals surface area contributed by atoms with Gasteiger partial charge in [-0.15, -0.1) is 23.7 Å². The van der Waals surface area contributed by atoms with Crippen LogP contribution in [0.5, 0.6) is 0 Å². The van der Waals surface area contributed by atoms with Gasteiger partial charge in [0.25, 0.3) is 11.8 Å². The molecule has 2 heterocycles. The van der Waals surface area contributed by atoms with E-state index in [0.717, 1.165) is 26.1 Å². The summed E-state index contributed by atoms with van der Waals surface area (Å²) < 4.78 is 0. The number of nitrogens with one attached hydrogen (secondary N) is 2. The number of carbonyl (C=O) groups excluding carboxylic acids is 2. The fourth-order valence-electron chi connectivity index (χ4n) is 2.99. The summed E-state index contributed by atoms with van der Waals surface area (Å²) in [5.74, 6) is 0.395. The third-order valence-corrected chi connectivity index (χ3v) is 5.05. The van der Waals surface area contributed by atoms with Crippen molar-refractivity contribution in [2.45, 2.75) is 6.42 Å². The van der Waals surface area contributed by atoms with Gasteiger partial charge >= 0.3 is 0 Å². The average Bonchev–Trinajstić information content (AvgIpc) is 3.26. The van der Waals surface area contributed by atoms with E-state index in [-0.39, 0.29) is 24.2 Å². The van der Waals surface area contributed by atoms with Gasteiger partial charge in [-0.1, -0.05) is 12.1 Å². The van der Waals surface area contributed by atoms with Crippen molar-refractivity contribution in [3.05, 3.63) is 52.2 Å². The molecular weight excluding hydrogens is 358 g/mol. The Hall–Kier alpha value is -1.89. The standard InChI is InChI=1S/C18H21N3O2S.ClH/c1-19-11-13-7-8-21(12-13)18(23)14-4-2-5-15(10-14)20-17(22)16-6-3-9-24-16;/h2-6,9-10,13,19H,7-8,11-12H2,1H3,(H,20,22);1H. The lowest BCUT2D eigenvalue weighted by molar-refractivity contribution is 0.0787. The van der Waals surface area contributed by atoms with Crippen LogP contribution in [0.25, 0.3) is 0 Å². The van der Waals surface area contributed by atoms with Crippen molar-refractivity contribution in [2.75, 3.05) is 32.0 Å². The van der Waals surface area contributed by atoms with Crippen LogP contribution < -0.4 is 10.6 Å². The maximum absolute atomic E-state index is 12.7. The predicted octanol–water partition coefficient (Wildman–Crippen LogP) is 3.10. The maximum atomic E-state index is 12.7. The zero-order valence-electron chi connectivity index (χ0n) is 14.0. The molecule has 7 heteroatoms. The molecule has 1 saturated heterocycles. The van der Waals surface area contributed by atoms with Crippen molar-refractivity contribution < 1.29 is 9.59 Å². The quantitative estimate of drug-likeness (QED) is 0.839. The normalized spacial score (nSPS) is 16.4. The highest BCUT2D eigenvalue weighted by molar-refractivity contribution is 7.12. The average molecular weight is 380 g/mol. The number of rotatable bonds is 5. The number of amides is 2. The zero-order chi connectivity index (χ0) is 16.9. The van der Waals surface area contributed by atoms with E-state index in [1.807, 2.05) is 23.4 Å². The first kappa shape index (κ1) is 19.4. The lowest BCUT2D eigenvalue weighted by Gasteiger charge is -2.17. The summed E-state index contributed by atoms with van der Waals surface area (Å²) in [5.41, 5.74) is 1.26. The zero-order valence-corrected chi connectivity index (χ0v) is 15.7. The van der Waals surface area contributed by atoms with E-state index in [1.165, 1.54) is 11.3 Å². The molecule has 1 aliphatic heterocycles. The van der Waals surface area contributed by atoms with Crippen molar-refractivity contribution in [3.8, 4) is 0 Å². The van der Waals surface area contributed by atoms with E-state index in [1.54, 1.807) is 30.3 Å². The van der Waals surface area contributed by atoms with Gasteiger partial charge in [0.15, 0.2) is 0 Å². The Morgan fingerprint density at radius 2 is 2.12 bits per heavy atom. The molecule has 5 nitrogen and oxygen atoms in total. The molecule has 2 amide bonds. The smallest absolute Gasteiger partial charge is 0.265 e. The molecule has 0 saturated carbocycles. The first-order valence-corrected chi connectivity index (χ1v) is 8.94. The molecule has 3 rings (SSSR count). The number of anilines is 1. The minimum absolute atomic E-state index is 0. The van der Waals surface area contributed by atoms with Crippen LogP contribution in [0.2, 0.25) is 0 Å². The van der Waals surface area contributed by atoms with Crippen LogP contribution in [-0.2, 0) is 0 Å². The van der Waals surface area contributed by atoms with Crippen molar-refractivity contribution in [1.82, 2.24) is 10.2 Å². The Bertz CT molecular complexity index is 721. The van der Waals surface area contributed by atoms with Gasteiger partial charge in [-0.2, -0.15) is 0 Å². The SMILES string of the molecule is CNCC1CCN(C(=O)c2cccc(NC(=O)c3cccs3)c2)C1.Cl. The number of halogens is 1. The summed E-state index contributed by atoms with van der Waals surface area (Å²) in [6.45, 7) is 2.50. The molecule has 1 unspecified atom stereocenters. The highest BCUT2D eigenvalue weighted by Crippen LogP contribution is 2.20. The van der Waals surface area contributed by atoms with Crippen molar-refractivity contribution >= 4 is 41.2 Å². The van der Waals surface area contributed by atoms with E-state index in [4.69, 9.17) is 0 Å². The van der Waals surface area contributed by atoms with Gasteiger partial charge in [0, 0.05) is 24.3 Å².